The van der Waals surface area contributed by atoms with Crippen molar-refractivity contribution in [1.29, 1.82) is 5.26 Å². The normalized spacial score (nSPS) is 18.7. The van der Waals surface area contributed by atoms with Gasteiger partial charge in [0.25, 0.3) is 5.91 Å². The molecule has 5 nitrogen and oxygen atoms in total. The zero-order valence-electron chi connectivity index (χ0n) is 13.2. The van der Waals surface area contributed by atoms with Gasteiger partial charge >= 0.3 is 0 Å². The summed E-state index contributed by atoms with van der Waals surface area (Å²) < 4.78 is 0. The lowest BCUT2D eigenvalue weighted by Crippen LogP contribution is -2.41. The Morgan fingerprint density at radius 2 is 1.78 bits per heavy atom. The average molecular weight is 311 g/mol. The molecule has 1 aliphatic heterocycles. The van der Waals surface area contributed by atoms with E-state index in [4.69, 9.17) is 5.26 Å². The predicted molar refractivity (Wildman–Crippen MR) is 85.6 cm³/mol. The second-order valence-electron chi connectivity index (χ2n) is 6.29. The van der Waals surface area contributed by atoms with Crippen LogP contribution in [0.2, 0.25) is 0 Å². The summed E-state index contributed by atoms with van der Waals surface area (Å²) in [6.45, 7) is 2.56. The molecule has 2 amide bonds. The highest BCUT2D eigenvalue weighted by molar-refractivity contribution is 5.94. The predicted octanol–water partition coefficient (Wildman–Crippen LogP) is 2.03. The van der Waals surface area contributed by atoms with E-state index < -0.39 is 0 Å². The molecular formula is C18H21N3O2. The first-order valence-electron chi connectivity index (χ1n) is 8.27. The number of carbonyl (C=O) groups excluding carboxylic acids is 2. The maximum Gasteiger partial charge on any atom is 0.253 e. The molecule has 23 heavy (non-hydrogen) atoms. The van der Waals surface area contributed by atoms with Crippen LogP contribution in [0.1, 0.15) is 41.6 Å². The first-order valence-corrected chi connectivity index (χ1v) is 8.27. The molecule has 0 aromatic heterocycles. The molecule has 1 aromatic carbocycles. The second-order valence-corrected chi connectivity index (χ2v) is 6.29. The van der Waals surface area contributed by atoms with Crippen molar-refractivity contribution in [3.63, 3.8) is 0 Å². The Balaban J connectivity index is 1.64. The van der Waals surface area contributed by atoms with Gasteiger partial charge in [0.1, 0.15) is 0 Å². The van der Waals surface area contributed by atoms with Crippen molar-refractivity contribution < 1.29 is 9.59 Å². The third kappa shape index (κ3) is 3.37. The summed E-state index contributed by atoms with van der Waals surface area (Å²) >= 11 is 0. The van der Waals surface area contributed by atoms with Crippen molar-refractivity contribution in [2.45, 2.75) is 25.7 Å². The number of nitrogens with zero attached hydrogens (tertiary/aromatic N) is 3. The summed E-state index contributed by atoms with van der Waals surface area (Å²) in [5.41, 5.74) is 1.04. The van der Waals surface area contributed by atoms with Crippen molar-refractivity contribution in [3.05, 3.63) is 35.4 Å². The highest BCUT2D eigenvalue weighted by Gasteiger charge is 2.31. The van der Waals surface area contributed by atoms with Crippen molar-refractivity contribution in [2.75, 3.05) is 26.2 Å². The first kappa shape index (κ1) is 15.5. The molecule has 0 N–H and O–H groups in total. The summed E-state index contributed by atoms with van der Waals surface area (Å²) in [4.78, 5) is 28.7. The Kier molecular flexibility index (Phi) is 4.61. The molecular weight excluding hydrogens is 290 g/mol. The highest BCUT2D eigenvalue weighted by atomic mass is 16.2. The second kappa shape index (κ2) is 6.82. The summed E-state index contributed by atoms with van der Waals surface area (Å²) in [6, 6.07) is 8.86. The van der Waals surface area contributed by atoms with E-state index in [1.165, 1.54) is 0 Å². The number of hydrogen-bond acceptors (Lipinski definition) is 3. The lowest BCUT2D eigenvalue weighted by Gasteiger charge is -2.31. The van der Waals surface area contributed by atoms with E-state index in [9.17, 15) is 9.59 Å². The van der Waals surface area contributed by atoms with Gasteiger partial charge in [0, 0.05) is 37.7 Å². The largest absolute Gasteiger partial charge is 0.341 e. The Labute approximate surface area is 136 Å². The SMILES string of the molecule is N#Cc1cccc(C(=O)N2CCCN(C(=O)C3CCC3)CC2)c1. The Bertz CT molecular complexity index is 646. The monoisotopic (exact) mass is 311 g/mol. The van der Waals surface area contributed by atoms with Crippen LogP contribution in [0.15, 0.2) is 24.3 Å². The highest BCUT2D eigenvalue weighted by Crippen LogP contribution is 2.28. The van der Waals surface area contributed by atoms with Crippen molar-refractivity contribution in [3.8, 4) is 6.07 Å². The van der Waals surface area contributed by atoms with Gasteiger partial charge in [-0.3, -0.25) is 9.59 Å². The third-order valence-corrected chi connectivity index (χ3v) is 4.79. The minimum atomic E-state index is -0.0555. The van der Waals surface area contributed by atoms with Crippen molar-refractivity contribution in [2.24, 2.45) is 5.92 Å². The smallest absolute Gasteiger partial charge is 0.253 e. The summed E-state index contributed by atoms with van der Waals surface area (Å²) in [5.74, 6) is 0.418. The van der Waals surface area contributed by atoms with Gasteiger partial charge in [-0.25, -0.2) is 0 Å². The standard InChI is InChI=1S/C18H21N3O2/c19-13-14-4-1-7-16(12-14)18(23)21-9-3-8-20(10-11-21)17(22)15-5-2-6-15/h1,4,7,12,15H,2-3,5-6,8-11H2. The summed E-state index contributed by atoms with van der Waals surface area (Å²) in [5, 5.41) is 8.96. The van der Waals surface area contributed by atoms with Crippen LogP contribution in [0.3, 0.4) is 0 Å². The van der Waals surface area contributed by atoms with Gasteiger partial charge in [-0.05, 0) is 37.5 Å². The molecule has 1 heterocycles. The summed E-state index contributed by atoms with van der Waals surface area (Å²) in [7, 11) is 0. The summed E-state index contributed by atoms with van der Waals surface area (Å²) in [6.07, 6.45) is 3.99. The molecule has 1 saturated carbocycles. The number of carbonyl (C=O) groups is 2. The van der Waals surface area contributed by atoms with E-state index in [0.29, 0.717) is 30.8 Å². The molecule has 0 spiro atoms. The fourth-order valence-electron chi connectivity index (χ4n) is 3.16. The average Bonchev–Trinajstić information content (AvgIpc) is 2.78. The molecule has 1 aliphatic carbocycles. The van der Waals surface area contributed by atoms with E-state index in [-0.39, 0.29) is 17.7 Å². The van der Waals surface area contributed by atoms with Gasteiger partial charge in [0.15, 0.2) is 0 Å². The van der Waals surface area contributed by atoms with Crippen molar-refractivity contribution >= 4 is 11.8 Å². The topological polar surface area (TPSA) is 64.4 Å². The van der Waals surface area contributed by atoms with Crippen LogP contribution in [-0.2, 0) is 4.79 Å². The van der Waals surface area contributed by atoms with Gasteiger partial charge in [-0.15, -0.1) is 0 Å². The molecule has 2 fully saturated rings. The van der Waals surface area contributed by atoms with Gasteiger partial charge in [0.05, 0.1) is 11.6 Å². The molecule has 0 atom stereocenters. The molecule has 1 aromatic rings. The van der Waals surface area contributed by atoms with E-state index >= 15 is 0 Å². The lowest BCUT2D eigenvalue weighted by molar-refractivity contribution is -0.138. The van der Waals surface area contributed by atoms with Gasteiger partial charge in [-0.1, -0.05) is 12.5 Å². The first-order chi connectivity index (χ1) is 11.2. The number of amides is 2. The Hall–Kier alpha value is -2.35. The number of benzene rings is 1. The number of hydrogen-bond donors (Lipinski definition) is 0. The van der Waals surface area contributed by atoms with Gasteiger partial charge in [-0.2, -0.15) is 5.26 Å². The van der Waals surface area contributed by atoms with Crippen LogP contribution >= 0.6 is 0 Å². The minimum absolute atomic E-state index is 0.0555. The van der Waals surface area contributed by atoms with E-state index in [1.807, 2.05) is 4.90 Å². The van der Waals surface area contributed by atoms with Crippen LogP contribution in [-0.4, -0.2) is 47.8 Å². The minimum Gasteiger partial charge on any atom is -0.341 e. The third-order valence-electron chi connectivity index (χ3n) is 4.79. The van der Waals surface area contributed by atoms with Crippen LogP contribution in [0.5, 0.6) is 0 Å². The van der Waals surface area contributed by atoms with E-state index in [0.717, 1.165) is 32.2 Å². The molecule has 0 radical (unpaired) electrons. The van der Waals surface area contributed by atoms with E-state index in [1.54, 1.807) is 29.2 Å². The van der Waals surface area contributed by atoms with Gasteiger partial charge < -0.3 is 9.80 Å². The molecule has 5 heteroatoms. The lowest BCUT2D eigenvalue weighted by atomic mass is 9.84. The van der Waals surface area contributed by atoms with Gasteiger partial charge in [0.2, 0.25) is 5.91 Å². The fraction of sp³-hybridized carbons (Fsp3) is 0.500. The number of nitriles is 1. The number of rotatable bonds is 2. The zero-order chi connectivity index (χ0) is 16.2. The quantitative estimate of drug-likeness (QED) is 0.839. The fourth-order valence-corrected chi connectivity index (χ4v) is 3.16. The molecule has 2 aliphatic rings. The Morgan fingerprint density at radius 1 is 1.04 bits per heavy atom. The van der Waals surface area contributed by atoms with Crippen LogP contribution < -0.4 is 0 Å². The maximum atomic E-state index is 12.6. The van der Waals surface area contributed by atoms with Crippen LogP contribution in [0.25, 0.3) is 0 Å². The van der Waals surface area contributed by atoms with Crippen LogP contribution in [0.4, 0.5) is 0 Å². The molecule has 3 rings (SSSR count). The molecule has 1 saturated heterocycles. The van der Waals surface area contributed by atoms with Crippen LogP contribution in [0, 0.1) is 17.2 Å². The van der Waals surface area contributed by atoms with E-state index in [2.05, 4.69) is 6.07 Å². The maximum absolute atomic E-state index is 12.6. The zero-order valence-corrected chi connectivity index (χ0v) is 13.2. The Morgan fingerprint density at radius 3 is 2.48 bits per heavy atom. The molecule has 0 bridgehead atoms. The van der Waals surface area contributed by atoms with Crippen molar-refractivity contribution in [1.82, 2.24) is 9.80 Å². The molecule has 120 valence electrons. The molecule has 0 unspecified atom stereocenters.